The van der Waals surface area contributed by atoms with Crippen LogP contribution in [-0.4, -0.2) is 42.6 Å². The first-order chi connectivity index (χ1) is 5.63. The average molecular weight is 193 g/mol. The van der Waals surface area contributed by atoms with Crippen LogP contribution in [-0.2, 0) is 9.30 Å². The minimum atomic E-state index is -2.67. The zero-order chi connectivity index (χ0) is 9.14. The fourth-order valence-electron chi connectivity index (χ4n) is 1.44. The van der Waals surface area contributed by atoms with Crippen molar-refractivity contribution in [2.45, 2.75) is 24.6 Å². The Balaban J connectivity index is 2.46. The Kier molecular flexibility index (Phi) is 3.74. The van der Waals surface area contributed by atoms with Gasteiger partial charge in [-0.25, -0.2) is 5.09 Å². The minimum Gasteiger partial charge on any atom is -0.394 e. The smallest absolute Gasteiger partial charge is 0.256 e. The molecule has 1 unspecified atom stereocenters. The highest BCUT2D eigenvalue weighted by Gasteiger charge is 2.32. The lowest BCUT2D eigenvalue weighted by molar-refractivity contribution is 0.0358. The maximum absolute atomic E-state index is 10.5. The molecule has 0 saturated carbocycles. The summed E-state index contributed by atoms with van der Waals surface area (Å²) in [4.78, 5) is 8.61. The van der Waals surface area contributed by atoms with Crippen LogP contribution in [0.3, 0.4) is 0 Å². The van der Waals surface area contributed by atoms with Crippen LogP contribution in [0.15, 0.2) is 0 Å². The van der Waals surface area contributed by atoms with E-state index in [9.17, 15) is 4.57 Å². The van der Waals surface area contributed by atoms with Crippen LogP contribution in [0.2, 0.25) is 0 Å². The molecule has 1 rings (SSSR count). The summed E-state index contributed by atoms with van der Waals surface area (Å²) in [6.07, 6.45) is 0.323. The summed E-state index contributed by atoms with van der Waals surface area (Å²) in [7, 11) is -0.800. The molecule has 12 heavy (non-hydrogen) atoms. The minimum absolute atomic E-state index is 0.0426. The van der Waals surface area contributed by atoms with Gasteiger partial charge in [-0.1, -0.05) is 0 Å². The van der Waals surface area contributed by atoms with Crippen molar-refractivity contribution in [1.82, 2.24) is 5.09 Å². The van der Waals surface area contributed by atoms with Crippen LogP contribution in [0.5, 0.6) is 0 Å². The van der Waals surface area contributed by atoms with Crippen LogP contribution >= 0.6 is 8.18 Å². The zero-order valence-electron chi connectivity index (χ0n) is 6.86. The average Bonchev–Trinajstić information content (AvgIpc) is 2.29. The van der Waals surface area contributed by atoms with Crippen molar-refractivity contribution in [3.63, 3.8) is 0 Å². The fourth-order valence-corrected chi connectivity index (χ4v) is 2.06. The second kappa shape index (κ2) is 4.39. The third-order valence-electron chi connectivity index (χ3n) is 1.93. The molecule has 1 aliphatic rings. The summed E-state index contributed by atoms with van der Waals surface area (Å²) < 4.78 is 15.7. The summed E-state index contributed by atoms with van der Waals surface area (Å²) in [6, 6.07) is -0.151. The Morgan fingerprint density at radius 3 is 2.92 bits per heavy atom. The van der Waals surface area contributed by atoms with E-state index in [1.807, 2.05) is 7.85 Å². The van der Waals surface area contributed by atoms with Gasteiger partial charge in [-0.05, 0) is 6.42 Å². The Bertz CT molecular complexity index is 181. The van der Waals surface area contributed by atoms with Crippen molar-refractivity contribution in [3.05, 3.63) is 0 Å². The fraction of sp³-hybridized carbons (Fsp3) is 1.00. The second-order valence-electron chi connectivity index (χ2n) is 2.96. The SMILES string of the molecule is B[C@H]1C[C@@H](N[PH](=O)O)[C@@H](CO)O1. The molecular weight excluding hydrogens is 180 g/mol. The summed E-state index contributed by atoms with van der Waals surface area (Å²) >= 11 is 0. The number of nitrogens with one attached hydrogen (secondary N) is 1. The molecule has 4 atom stereocenters. The number of rotatable bonds is 3. The van der Waals surface area contributed by atoms with Crippen molar-refractivity contribution < 1.29 is 19.3 Å². The van der Waals surface area contributed by atoms with E-state index in [2.05, 4.69) is 5.09 Å². The largest absolute Gasteiger partial charge is 0.394 e. The lowest BCUT2D eigenvalue weighted by Gasteiger charge is -2.15. The van der Waals surface area contributed by atoms with Gasteiger partial charge in [0.1, 0.15) is 7.85 Å². The first kappa shape index (κ1) is 10.2. The van der Waals surface area contributed by atoms with Gasteiger partial charge in [0.2, 0.25) is 0 Å². The molecule has 0 radical (unpaired) electrons. The number of hydrogen-bond donors (Lipinski definition) is 3. The predicted molar refractivity (Wildman–Crippen MR) is 47.1 cm³/mol. The summed E-state index contributed by atoms with van der Waals surface area (Å²) in [6.45, 7) is -0.114. The van der Waals surface area contributed by atoms with Crippen LogP contribution in [0.4, 0.5) is 0 Å². The van der Waals surface area contributed by atoms with Crippen molar-refractivity contribution >= 4 is 16.0 Å². The van der Waals surface area contributed by atoms with E-state index in [1.165, 1.54) is 0 Å². The maximum atomic E-state index is 10.5. The lowest BCUT2D eigenvalue weighted by atomic mass is 9.95. The van der Waals surface area contributed by atoms with Crippen LogP contribution in [0.25, 0.3) is 0 Å². The number of hydrogen-bond acceptors (Lipinski definition) is 3. The van der Waals surface area contributed by atoms with Crippen molar-refractivity contribution in [3.8, 4) is 0 Å². The first-order valence-electron chi connectivity index (χ1n) is 3.89. The van der Waals surface area contributed by atoms with E-state index in [4.69, 9.17) is 14.7 Å². The van der Waals surface area contributed by atoms with Gasteiger partial charge in [-0.3, -0.25) is 4.57 Å². The molecule has 0 spiro atoms. The molecule has 1 aliphatic heterocycles. The molecule has 0 aromatic rings. The Morgan fingerprint density at radius 2 is 2.42 bits per heavy atom. The lowest BCUT2D eigenvalue weighted by Crippen LogP contribution is -2.34. The predicted octanol–water partition coefficient (Wildman–Crippen LogP) is -1.93. The molecule has 0 bridgehead atoms. The monoisotopic (exact) mass is 193 g/mol. The molecule has 1 heterocycles. The molecular formula is C5H13BNO4P. The Labute approximate surface area is 72.4 Å². The molecule has 0 aliphatic carbocycles. The molecule has 1 saturated heterocycles. The Morgan fingerprint density at radius 1 is 1.75 bits per heavy atom. The van der Waals surface area contributed by atoms with Gasteiger partial charge in [0.25, 0.3) is 8.18 Å². The Hall–Kier alpha value is 0.135. The first-order valence-corrected chi connectivity index (χ1v) is 5.24. The third kappa shape index (κ3) is 2.57. The van der Waals surface area contributed by atoms with Gasteiger partial charge in [0.15, 0.2) is 0 Å². The van der Waals surface area contributed by atoms with Crippen molar-refractivity contribution in [2.75, 3.05) is 6.61 Å². The number of ether oxygens (including phenoxy) is 1. The van der Waals surface area contributed by atoms with Crippen molar-refractivity contribution in [2.24, 2.45) is 0 Å². The molecule has 5 nitrogen and oxygen atoms in total. The van der Waals surface area contributed by atoms with Crippen LogP contribution in [0.1, 0.15) is 6.42 Å². The molecule has 7 heteroatoms. The van der Waals surface area contributed by atoms with E-state index in [-0.39, 0.29) is 24.8 Å². The van der Waals surface area contributed by atoms with Gasteiger partial charge in [-0.2, -0.15) is 0 Å². The topological polar surface area (TPSA) is 78.8 Å². The van der Waals surface area contributed by atoms with E-state index in [0.717, 1.165) is 0 Å². The highest BCUT2D eigenvalue weighted by Crippen LogP contribution is 2.22. The second-order valence-corrected chi connectivity index (χ2v) is 3.86. The van der Waals surface area contributed by atoms with E-state index in [1.54, 1.807) is 0 Å². The quantitative estimate of drug-likeness (QED) is 0.359. The van der Waals surface area contributed by atoms with E-state index >= 15 is 0 Å². The van der Waals surface area contributed by atoms with Crippen LogP contribution < -0.4 is 5.09 Å². The van der Waals surface area contributed by atoms with Gasteiger partial charge in [-0.15, -0.1) is 0 Å². The molecule has 0 aromatic carbocycles. The van der Waals surface area contributed by atoms with Crippen molar-refractivity contribution in [1.29, 1.82) is 0 Å². The molecule has 70 valence electrons. The highest BCUT2D eigenvalue weighted by atomic mass is 31.1. The highest BCUT2D eigenvalue weighted by molar-refractivity contribution is 7.35. The van der Waals surface area contributed by atoms with E-state index < -0.39 is 8.18 Å². The number of aliphatic hydroxyl groups is 1. The van der Waals surface area contributed by atoms with Gasteiger partial charge in [0, 0.05) is 12.0 Å². The molecule has 0 amide bonds. The molecule has 0 aromatic heterocycles. The molecule has 3 N–H and O–H groups in total. The number of aliphatic hydroxyl groups excluding tert-OH is 1. The summed E-state index contributed by atoms with van der Waals surface area (Å²) in [5.41, 5.74) is 0. The third-order valence-corrected chi connectivity index (χ3v) is 2.55. The van der Waals surface area contributed by atoms with Gasteiger partial charge in [0.05, 0.1) is 12.7 Å². The van der Waals surface area contributed by atoms with Gasteiger partial charge >= 0.3 is 0 Å². The zero-order valence-corrected chi connectivity index (χ0v) is 7.86. The van der Waals surface area contributed by atoms with Gasteiger partial charge < -0.3 is 14.7 Å². The summed E-state index contributed by atoms with van der Waals surface area (Å²) in [5, 5.41) is 11.3. The standard InChI is InChI=1S/C5H13BNO4P/c6-5-1-3(7-12(9)10)4(2-8)11-5/h3-5,8,12H,1-2,6H2,(H2,7,9,10)/t3-,4-,5-/m1/s1. The van der Waals surface area contributed by atoms with E-state index in [0.29, 0.717) is 6.42 Å². The normalized spacial score (nSPS) is 38.3. The molecule has 1 fully saturated rings. The maximum Gasteiger partial charge on any atom is 0.256 e. The summed E-state index contributed by atoms with van der Waals surface area (Å²) in [5.74, 6) is 0. The van der Waals surface area contributed by atoms with Crippen LogP contribution in [0, 0.1) is 0 Å².